The van der Waals surface area contributed by atoms with Gasteiger partial charge in [0.2, 0.25) is 0 Å². The van der Waals surface area contributed by atoms with Gasteiger partial charge in [0.1, 0.15) is 0 Å². The second kappa shape index (κ2) is 4.00. The third kappa shape index (κ3) is 1.75. The molecule has 0 saturated carbocycles. The minimum atomic E-state index is 1.16. The lowest BCUT2D eigenvalue weighted by Crippen LogP contribution is -1.91. The summed E-state index contributed by atoms with van der Waals surface area (Å²) in [6.45, 7) is 4.48. The van der Waals surface area contributed by atoms with Gasteiger partial charge in [-0.1, -0.05) is 43.2 Å². The summed E-state index contributed by atoms with van der Waals surface area (Å²) < 4.78 is 0. The molecule has 0 radical (unpaired) electrons. The zero-order valence-corrected chi connectivity index (χ0v) is 9.14. The second-order valence-corrected chi connectivity index (χ2v) is 4.26. The highest BCUT2D eigenvalue weighted by molar-refractivity contribution is 5.66. The Morgan fingerprint density at radius 3 is 2.93 bits per heavy atom. The Morgan fingerprint density at radius 1 is 1.29 bits per heavy atom. The summed E-state index contributed by atoms with van der Waals surface area (Å²) in [6.07, 6.45) is 7.36. The number of unbranched alkanes of at least 4 members (excludes halogenated alkanes) is 1. The first-order chi connectivity index (χ1) is 6.81. The molecule has 1 aromatic carbocycles. The van der Waals surface area contributed by atoms with E-state index in [1.165, 1.54) is 36.0 Å². The van der Waals surface area contributed by atoms with Gasteiger partial charge in [0, 0.05) is 0 Å². The van der Waals surface area contributed by atoms with Crippen molar-refractivity contribution in [2.75, 3.05) is 0 Å². The molecule has 0 bridgehead atoms. The lowest BCUT2D eigenvalue weighted by molar-refractivity contribution is 0.793. The van der Waals surface area contributed by atoms with Crippen LogP contribution in [0.1, 0.15) is 43.4 Å². The van der Waals surface area contributed by atoms with E-state index < -0.39 is 0 Å². The van der Waals surface area contributed by atoms with Crippen LogP contribution in [0.25, 0.3) is 6.08 Å². The first-order valence-electron chi connectivity index (χ1n) is 5.59. The van der Waals surface area contributed by atoms with Crippen molar-refractivity contribution in [2.24, 2.45) is 0 Å². The molecule has 14 heavy (non-hydrogen) atoms. The van der Waals surface area contributed by atoms with Crippen molar-refractivity contribution >= 4 is 6.08 Å². The van der Waals surface area contributed by atoms with E-state index in [1.54, 1.807) is 5.56 Å². The van der Waals surface area contributed by atoms with E-state index >= 15 is 0 Å². The molecule has 0 saturated heterocycles. The summed E-state index contributed by atoms with van der Waals surface area (Å²) in [6, 6.07) is 6.75. The lowest BCUT2D eigenvalue weighted by atomic mass is 9.99. The first kappa shape index (κ1) is 9.51. The topological polar surface area (TPSA) is 0 Å². The summed E-state index contributed by atoms with van der Waals surface area (Å²) in [5.41, 5.74) is 6.08. The van der Waals surface area contributed by atoms with Crippen LogP contribution in [-0.4, -0.2) is 0 Å². The molecule has 0 atom stereocenters. The molecule has 0 aliphatic heterocycles. The predicted octanol–water partition coefficient (Wildman–Crippen LogP) is 3.99. The second-order valence-electron chi connectivity index (χ2n) is 4.26. The number of aryl methyl sites for hydroxylation is 1. The summed E-state index contributed by atoms with van der Waals surface area (Å²) in [5.74, 6) is 0. The van der Waals surface area contributed by atoms with Crippen molar-refractivity contribution in [1.82, 2.24) is 0 Å². The molecule has 0 heterocycles. The van der Waals surface area contributed by atoms with Crippen molar-refractivity contribution < 1.29 is 0 Å². The molecule has 0 nitrogen and oxygen atoms in total. The summed E-state index contributed by atoms with van der Waals surface area (Å²) >= 11 is 0. The van der Waals surface area contributed by atoms with Crippen LogP contribution in [0.15, 0.2) is 23.8 Å². The average molecular weight is 186 g/mol. The smallest absolute Gasteiger partial charge is 0.00605 e. The van der Waals surface area contributed by atoms with E-state index in [9.17, 15) is 0 Å². The largest absolute Gasteiger partial charge is 0.0683 e. The Hall–Kier alpha value is -1.04. The molecule has 0 N–H and O–H groups in total. The van der Waals surface area contributed by atoms with Gasteiger partial charge in [-0.25, -0.2) is 0 Å². The van der Waals surface area contributed by atoms with E-state index in [4.69, 9.17) is 0 Å². The van der Waals surface area contributed by atoms with Gasteiger partial charge in [0.25, 0.3) is 0 Å². The SMILES string of the molecule is CCCCc1cccc2c1C=C(C)C2. The quantitative estimate of drug-likeness (QED) is 0.669. The molecule has 0 spiro atoms. The molecule has 1 aliphatic rings. The Bertz CT molecular complexity index is 358. The summed E-state index contributed by atoms with van der Waals surface area (Å²) in [7, 11) is 0. The minimum absolute atomic E-state index is 1.16. The van der Waals surface area contributed by atoms with Crippen LogP contribution in [0, 0.1) is 0 Å². The Kier molecular flexibility index (Phi) is 2.72. The fourth-order valence-corrected chi connectivity index (χ4v) is 2.19. The first-order valence-corrected chi connectivity index (χ1v) is 5.59. The van der Waals surface area contributed by atoms with Crippen LogP contribution < -0.4 is 0 Å². The van der Waals surface area contributed by atoms with Gasteiger partial charge in [-0.3, -0.25) is 0 Å². The molecular weight excluding hydrogens is 168 g/mol. The predicted molar refractivity (Wildman–Crippen MR) is 62.4 cm³/mol. The van der Waals surface area contributed by atoms with E-state index in [1.807, 2.05) is 0 Å². The maximum Gasteiger partial charge on any atom is -0.00605 e. The Labute approximate surface area is 86.7 Å². The lowest BCUT2D eigenvalue weighted by Gasteiger charge is -2.06. The van der Waals surface area contributed by atoms with Crippen molar-refractivity contribution in [2.45, 2.75) is 39.5 Å². The number of benzene rings is 1. The number of allylic oxidation sites excluding steroid dienone is 1. The van der Waals surface area contributed by atoms with Crippen LogP contribution >= 0.6 is 0 Å². The maximum atomic E-state index is 2.36. The maximum absolute atomic E-state index is 2.36. The van der Waals surface area contributed by atoms with E-state index in [-0.39, 0.29) is 0 Å². The summed E-state index contributed by atoms with van der Waals surface area (Å²) in [5, 5.41) is 0. The van der Waals surface area contributed by atoms with Crippen LogP contribution in [0.2, 0.25) is 0 Å². The number of hydrogen-bond donors (Lipinski definition) is 0. The van der Waals surface area contributed by atoms with Crippen molar-refractivity contribution in [3.8, 4) is 0 Å². The van der Waals surface area contributed by atoms with E-state index in [2.05, 4.69) is 38.1 Å². The molecule has 0 amide bonds. The molecule has 1 aliphatic carbocycles. The van der Waals surface area contributed by atoms with Gasteiger partial charge in [0.15, 0.2) is 0 Å². The molecule has 2 rings (SSSR count). The van der Waals surface area contributed by atoms with Crippen molar-refractivity contribution in [1.29, 1.82) is 0 Å². The standard InChI is InChI=1S/C14H18/c1-3-4-6-12-7-5-8-13-9-11(2)10-14(12)13/h5,7-8,10H,3-4,6,9H2,1-2H3. The Morgan fingerprint density at radius 2 is 2.14 bits per heavy atom. The summed E-state index contributed by atoms with van der Waals surface area (Å²) in [4.78, 5) is 0. The normalized spacial score (nSPS) is 14.0. The molecular formula is C14H18. The minimum Gasteiger partial charge on any atom is -0.0683 e. The van der Waals surface area contributed by atoms with Gasteiger partial charge in [-0.15, -0.1) is 0 Å². The number of fused-ring (bicyclic) bond motifs is 1. The van der Waals surface area contributed by atoms with Gasteiger partial charge < -0.3 is 0 Å². The van der Waals surface area contributed by atoms with E-state index in [0.717, 1.165) is 6.42 Å². The molecule has 0 aromatic heterocycles. The van der Waals surface area contributed by atoms with Gasteiger partial charge in [-0.05, 0) is 42.9 Å². The van der Waals surface area contributed by atoms with Crippen molar-refractivity contribution in [3.05, 3.63) is 40.5 Å². The van der Waals surface area contributed by atoms with E-state index in [0.29, 0.717) is 0 Å². The highest BCUT2D eigenvalue weighted by Gasteiger charge is 2.12. The zero-order valence-electron chi connectivity index (χ0n) is 9.14. The Balaban J connectivity index is 2.28. The fraction of sp³-hybridized carbons (Fsp3) is 0.429. The van der Waals surface area contributed by atoms with Crippen LogP contribution in [-0.2, 0) is 12.8 Å². The molecule has 0 unspecified atom stereocenters. The molecule has 0 heteroatoms. The molecule has 0 fully saturated rings. The highest BCUT2D eigenvalue weighted by atomic mass is 14.2. The van der Waals surface area contributed by atoms with Crippen molar-refractivity contribution in [3.63, 3.8) is 0 Å². The van der Waals surface area contributed by atoms with Gasteiger partial charge >= 0.3 is 0 Å². The van der Waals surface area contributed by atoms with Crippen LogP contribution in [0.3, 0.4) is 0 Å². The molecule has 74 valence electrons. The monoisotopic (exact) mass is 186 g/mol. The van der Waals surface area contributed by atoms with Gasteiger partial charge in [0.05, 0.1) is 0 Å². The zero-order chi connectivity index (χ0) is 9.97. The van der Waals surface area contributed by atoms with Crippen LogP contribution in [0.4, 0.5) is 0 Å². The number of rotatable bonds is 3. The van der Waals surface area contributed by atoms with Gasteiger partial charge in [-0.2, -0.15) is 0 Å². The number of hydrogen-bond acceptors (Lipinski definition) is 0. The third-order valence-electron chi connectivity index (χ3n) is 2.95. The van der Waals surface area contributed by atoms with Crippen LogP contribution in [0.5, 0.6) is 0 Å². The third-order valence-corrected chi connectivity index (χ3v) is 2.95. The average Bonchev–Trinajstić information content (AvgIpc) is 2.55. The molecule has 1 aromatic rings. The highest BCUT2D eigenvalue weighted by Crippen LogP contribution is 2.28. The fourth-order valence-electron chi connectivity index (χ4n) is 2.19.